The third-order valence-corrected chi connectivity index (χ3v) is 7.49. The van der Waals surface area contributed by atoms with E-state index in [1.165, 1.54) is 17.3 Å². The van der Waals surface area contributed by atoms with Gasteiger partial charge < -0.3 is 20.9 Å². The number of aromatic nitrogens is 1. The van der Waals surface area contributed by atoms with E-state index >= 15 is 0 Å². The minimum atomic E-state index is -0.00651. The lowest BCUT2D eigenvalue weighted by atomic mass is 9.79. The molecule has 1 unspecified atom stereocenters. The second-order valence-electron chi connectivity index (χ2n) is 9.63. The minimum absolute atomic E-state index is 0.00651. The Balaban J connectivity index is 1.51. The third-order valence-electron chi connectivity index (χ3n) is 7.49. The summed E-state index contributed by atoms with van der Waals surface area (Å²) in [6.45, 7) is 6.06. The third kappa shape index (κ3) is 4.05. The Labute approximate surface area is 205 Å². The molecular weight excluding hydrogens is 438 g/mol. The van der Waals surface area contributed by atoms with E-state index in [0.29, 0.717) is 43.3 Å². The van der Waals surface area contributed by atoms with Gasteiger partial charge in [0.15, 0.2) is 0 Å². The van der Waals surface area contributed by atoms with Gasteiger partial charge in [0.25, 0.3) is 5.91 Å². The van der Waals surface area contributed by atoms with Crippen LogP contribution in [0.2, 0.25) is 0 Å². The Bertz CT molecular complexity index is 1320. The first-order valence-electron chi connectivity index (χ1n) is 12.3. The van der Waals surface area contributed by atoms with Crippen LogP contribution in [-0.2, 0) is 11.2 Å². The fourth-order valence-electron chi connectivity index (χ4n) is 5.56. The lowest BCUT2D eigenvalue weighted by Crippen LogP contribution is -2.50. The molecule has 1 aromatic heterocycles. The lowest BCUT2D eigenvalue weighted by molar-refractivity contribution is -0.130. The quantitative estimate of drug-likeness (QED) is 0.443. The molecule has 7 heteroatoms. The van der Waals surface area contributed by atoms with Gasteiger partial charge in [0.1, 0.15) is 0 Å². The number of rotatable bonds is 3. The summed E-state index contributed by atoms with van der Waals surface area (Å²) < 4.78 is 0. The number of hydrogen-bond acceptors (Lipinski definition) is 5. The molecule has 0 bridgehead atoms. The molecule has 0 radical (unpaired) electrons. The van der Waals surface area contributed by atoms with E-state index in [-0.39, 0.29) is 11.8 Å². The van der Waals surface area contributed by atoms with Gasteiger partial charge in [0, 0.05) is 67.1 Å². The van der Waals surface area contributed by atoms with Gasteiger partial charge in [-0.25, -0.2) is 4.98 Å². The van der Waals surface area contributed by atoms with Crippen LogP contribution in [0.5, 0.6) is 0 Å². The Kier molecular flexibility index (Phi) is 6.01. The average molecular weight is 470 g/mol. The van der Waals surface area contributed by atoms with Crippen molar-refractivity contribution in [3.8, 4) is 11.3 Å². The van der Waals surface area contributed by atoms with Crippen LogP contribution in [-0.4, -0.2) is 59.0 Å². The second-order valence-corrected chi connectivity index (χ2v) is 9.63. The smallest absolute Gasteiger partial charge is 0.253 e. The zero-order valence-corrected chi connectivity index (χ0v) is 20.3. The van der Waals surface area contributed by atoms with Gasteiger partial charge >= 0.3 is 0 Å². The van der Waals surface area contributed by atoms with E-state index in [1.807, 2.05) is 41.3 Å². The van der Waals surface area contributed by atoms with Crippen molar-refractivity contribution in [2.45, 2.75) is 39.0 Å². The molecular formula is C28H31N5O2. The number of amides is 2. The molecule has 5 rings (SSSR count). The van der Waals surface area contributed by atoms with E-state index in [1.54, 1.807) is 11.8 Å². The summed E-state index contributed by atoms with van der Waals surface area (Å²) >= 11 is 0. The molecule has 2 aromatic carbocycles. The van der Waals surface area contributed by atoms with Gasteiger partial charge in [0.05, 0.1) is 11.2 Å². The number of nitrogen functional groups attached to an aromatic ring is 1. The van der Waals surface area contributed by atoms with Crippen LogP contribution in [0.25, 0.3) is 22.2 Å². The summed E-state index contributed by atoms with van der Waals surface area (Å²) in [6, 6.07) is 11.5. The standard InChI is InChI=1S/C28H31N5O2/c1-17-4-3-5-21-25(17)26-22(16-29)23(30)10-11-24(26)31-27(21)19-6-8-20(9-7-19)28(35)33-14-12-32(13-15-33)18(2)34/h6-11,16-17,29H,3-5,12-15,30H2,1-2H3. The van der Waals surface area contributed by atoms with Crippen LogP contribution in [0.4, 0.5) is 5.69 Å². The molecule has 1 saturated heterocycles. The van der Waals surface area contributed by atoms with E-state index in [2.05, 4.69) is 6.92 Å². The fourth-order valence-corrected chi connectivity index (χ4v) is 5.56. The van der Waals surface area contributed by atoms with Gasteiger partial charge in [-0.05, 0) is 60.6 Å². The van der Waals surface area contributed by atoms with Crippen LogP contribution in [0.3, 0.4) is 0 Å². The first kappa shape index (κ1) is 23.0. The number of carbonyl (C=O) groups is 2. The summed E-state index contributed by atoms with van der Waals surface area (Å²) in [6.07, 6.45) is 4.48. The second kappa shape index (κ2) is 9.13. The van der Waals surface area contributed by atoms with Crippen LogP contribution < -0.4 is 5.73 Å². The molecule has 1 aliphatic heterocycles. The number of carbonyl (C=O) groups excluding carboxylic acids is 2. The Morgan fingerprint density at radius 2 is 1.74 bits per heavy atom. The average Bonchev–Trinajstić information content (AvgIpc) is 2.88. The van der Waals surface area contributed by atoms with E-state index in [0.717, 1.165) is 47.0 Å². The zero-order chi connectivity index (χ0) is 24.7. The maximum absolute atomic E-state index is 13.1. The van der Waals surface area contributed by atoms with Gasteiger partial charge in [-0.3, -0.25) is 9.59 Å². The van der Waals surface area contributed by atoms with Crippen molar-refractivity contribution in [3.63, 3.8) is 0 Å². The van der Waals surface area contributed by atoms with E-state index in [9.17, 15) is 9.59 Å². The number of nitrogens with zero attached hydrogens (tertiary/aromatic N) is 3. The van der Waals surface area contributed by atoms with Crippen molar-refractivity contribution in [3.05, 3.63) is 58.7 Å². The summed E-state index contributed by atoms with van der Waals surface area (Å²) in [5.41, 5.74) is 13.5. The molecule has 180 valence electrons. The molecule has 2 aliphatic rings. The van der Waals surface area contributed by atoms with Gasteiger partial charge in [-0.2, -0.15) is 0 Å². The molecule has 2 amide bonds. The number of fused-ring (bicyclic) bond motifs is 3. The Morgan fingerprint density at radius 3 is 2.40 bits per heavy atom. The number of anilines is 1. The number of benzene rings is 2. The summed E-state index contributed by atoms with van der Waals surface area (Å²) in [5.74, 6) is 0.406. The van der Waals surface area contributed by atoms with Crippen LogP contribution >= 0.6 is 0 Å². The molecule has 7 nitrogen and oxygen atoms in total. The van der Waals surface area contributed by atoms with E-state index < -0.39 is 0 Å². The highest BCUT2D eigenvalue weighted by Crippen LogP contribution is 2.42. The molecule has 2 heterocycles. The molecule has 3 aromatic rings. The highest BCUT2D eigenvalue weighted by molar-refractivity contribution is 6.05. The van der Waals surface area contributed by atoms with Crippen LogP contribution in [0, 0.1) is 5.41 Å². The summed E-state index contributed by atoms with van der Waals surface area (Å²) in [4.78, 5) is 33.3. The van der Waals surface area contributed by atoms with E-state index in [4.69, 9.17) is 16.1 Å². The first-order chi connectivity index (χ1) is 16.9. The SMILES string of the molecule is CC(=O)N1CCN(C(=O)c2ccc(-c3nc4ccc(N)c(C=N)c4c4c3CCCC4C)cc2)CC1. The number of nitrogens with two attached hydrogens (primary N) is 1. The normalized spacial score (nSPS) is 17.8. The maximum Gasteiger partial charge on any atom is 0.253 e. The van der Waals surface area contributed by atoms with Crippen molar-refractivity contribution < 1.29 is 9.59 Å². The molecule has 1 aliphatic carbocycles. The van der Waals surface area contributed by atoms with Gasteiger partial charge in [0.2, 0.25) is 5.91 Å². The Morgan fingerprint density at radius 1 is 1.06 bits per heavy atom. The topological polar surface area (TPSA) is 103 Å². The zero-order valence-electron chi connectivity index (χ0n) is 20.3. The monoisotopic (exact) mass is 469 g/mol. The summed E-state index contributed by atoms with van der Waals surface area (Å²) in [7, 11) is 0. The molecule has 1 atom stereocenters. The van der Waals surface area contributed by atoms with Crippen LogP contribution in [0.15, 0.2) is 36.4 Å². The lowest BCUT2D eigenvalue weighted by Gasteiger charge is -2.34. The molecule has 0 saturated carbocycles. The highest BCUT2D eigenvalue weighted by atomic mass is 16.2. The Hall–Kier alpha value is -3.74. The predicted molar refractivity (Wildman–Crippen MR) is 139 cm³/mol. The van der Waals surface area contributed by atoms with Crippen molar-refractivity contribution >= 4 is 34.6 Å². The van der Waals surface area contributed by atoms with Crippen molar-refractivity contribution in [2.24, 2.45) is 0 Å². The first-order valence-corrected chi connectivity index (χ1v) is 12.3. The predicted octanol–water partition coefficient (Wildman–Crippen LogP) is 4.23. The van der Waals surface area contributed by atoms with Crippen molar-refractivity contribution in [1.82, 2.24) is 14.8 Å². The van der Waals surface area contributed by atoms with Gasteiger partial charge in [-0.1, -0.05) is 19.1 Å². The molecule has 3 N–H and O–H groups in total. The van der Waals surface area contributed by atoms with Crippen molar-refractivity contribution in [1.29, 1.82) is 5.41 Å². The largest absolute Gasteiger partial charge is 0.398 e. The number of hydrogen-bond donors (Lipinski definition) is 2. The maximum atomic E-state index is 13.1. The molecule has 0 spiro atoms. The highest BCUT2D eigenvalue weighted by Gasteiger charge is 2.27. The fraction of sp³-hybridized carbons (Fsp3) is 0.357. The van der Waals surface area contributed by atoms with Crippen molar-refractivity contribution in [2.75, 3.05) is 31.9 Å². The summed E-state index contributed by atoms with van der Waals surface area (Å²) in [5, 5.41) is 8.96. The van der Waals surface area contributed by atoms with Crippen LogP contribution in [0.1, 0.15) is 59.7 Å². The minimum Gasteiger partial charge on any atom is -0.398 e. The molecule has 1 fully saturated rings. The number of nitrogens with one attached hydrogen (secondary N) is 1. The molecule has 35 heavy (non-hydrogen) atoms. The number of piperazine rings is 1. The number of pyridine rings is 1. The van der Waals surface area contributed by atoms with Gasteiger partial charge in [-0.15, -0.1) is 0 Å².